The molecule has 2 heterocycles. The molecular formula is C25H28N2O5S. The van der Waals surface area contributed by atoms with Crippen LogP contribution in [-0.2, 0) is 26.0 Å². The van der Waals surface area contributed by atoms with E-state index < -0.39 is 22.0 Å². The first kappa shape index (κ1) is 21.9. The van der Waals surface area contributed by atoms with Crippen molar-refractivity contribution in [3.05, 3.63) is 59.7 Å². The minimum Gasteiger partial charge on any atom is -0.467 e. The molecular weight excluding hydrogens is 440 g/mol. The Kier molecular flexibility index (Phi) is 5.64. The van der Waals surface area contributed by atoms with Crippen molar-refractivity contribution in [3.63, 3.8) is 0 Å². The van der Waals surface area contributed by atoms with Gasteiger partial charge in [0.1, 0.15) is 6.04 Å². The minimum absolute atomic E-state index is 0.0129. The molecule has 1 saturated heterocycles. The lowest BCUT2D eigenvalue weighted by molar-refractivity contribution is -0.145. The largest absolute Gasteiger partial charge is 0.467 e. The summed E-state index contributed by atoms with van der Waals surface area (Å²) in [6, 6.07) is 13.0. The molecule has 0 radical (unpaired) electrons. The minimum atomic E-state index is -3.82. The van der Waals surface area contributed by atoms with Gasteiger partial charge in [0.25, 0.3) is 15.9 Å². The summed E-state index contributed by atoms with van der Waals surface area (Å²) in [4.78, 5) is 27.9. The second-order valence-corrected chi connectivity index (χ2v) is 10.9. The Hall–Kier alpha value is -2.87. The standard InChI is InChI=1S/C25H28N2O5S/c1-32-25(29)23-16-18-8-3-5-12-22(18)27(23)24(28)19-9-6-10-20(15-19)33(30,31)26-14-13-17-7-2-4-11-21(17)26/h2,4,6-7,9-11,15,18,22-23H,3,5,8,12-14,16H2,1H3/t18-,22+,23-/m0/s1. The normalized spacial score (nSPS) is 24.3. The molecule has 2 aromatic carbocycles. The Morgan fingerprint density at radius 2 is 1.82 bits per heavy atom. The molecule has 2 aromatic rings. The summed E-state index contributed by atoms with van der Waals surface area (Å²) in [7, 11) is -2.48. The molecule has 2 fully saturated rings. The molecule has 2 aliphatic heterocycles. The van der Waals surface area contributed by atoms with E-state index in [2.05, 4.69) is 0 Å². The van der Waals surface area contributed by atoms with E-state index in [1.807, 2.05) is 24.3 Å². The third-order valence-corrected chi connectivity index (χ3v) is 9.12. The Bertz CT molecular complexity index is 1190. The third kappa shape index (κ3) is 3.70. The number of para-hydroxylation sites is 1. The molecule has 8 heteroatoms. The van der Waals surface area contributed by atoms with E-state index in [0.717, 1.165) is 31.2 Å². The highest BCUT2D eigenvalue weighted by molar-refractivity contribution is 7.92. The number of methoxy groups -OCH3 is 1. The van der Waals surface area contributed by atoms with Crippen LogP contribution in [0, 0.1) is 5.92 Å². The summed E-state index contributed by atoms with van der Waals surface area (Å²) in [6.45, 7) is 0.375. The van der Waals surface area contributed by atoms with Gasteiger partial charge in [-0.15, -0.1) is 0 Å². The number of carbonyl (C=O) groups excluding carboxylic acids is 2. The van der Waals surface area contributed by atoms with Crippen LogP contribution in [0.25, 0.3) is 0 Å². The van der Waals surface area contributed by atoms with Crippen LogP contribution in [0.5, 0.6) is 0 Å². The summed E-state index contributed by atoms with van der Waals surface area (Å²) in [5.74, 6) is -0.436. The van der Waals surface area contributed by atoms with Crippen LogP contribution in [0.2, 0.25) is 0 Å². The lowest BCUT2D eigenvalue weighted by Crippen LogP contribution is -2.46. The van der Waals surface area contributed by atoms with Gasteiger partial charge in [-0.3, -0.25) is 9.10 Å². The second-order valence-electron chi connectivity index (χ2n) is 9.08. The van der Waals surface area contributed by atoms with Crippen molar-refractivity contribution >= 4 is 27.6 Å². The van der Waals surface area contributed by atoms with Crippen LogP contribution in [0.4, 0.5) is 5.69 Å². The number of likely N-dealkylation sites (tertiary alicyclic amines) is 1. The van der Waals surface area contributed by atoms with Crippen molar-refractivity contribution in [1.82, 2.24) is 4.90 Å². The number of ether oxygens (including phenoxy) is 1. The number of hydrogen-bond acceptors (Lipinski definition) is 5. The lowest BCUT2D eigenvalue weighted by atomic mass is 9.84. The van der Waals surface area contributed by atoms with E-state index in [-0.39, 0.29) is 28.3 Å². The maximum atomic E-state index is 13.6. The number of nitrogens with zero attached hydrogens (tertiary/aromatic N) is 2. The average molecular weight is 469 g/mol. The van der Waals surface area contributed by atoms with Crippen molar-refractivity contribution in [2.24, 2.45) is 5.92 Å². The molecule has 1 amide bonds. The van der Waals surface area contributed by atoms with Crippen LogP contribution in [0.1, 0.15) is 48.0 Å². The van der Waals surface area contributed by atoms with E-state index in [9.17, 15) is 18.0 Å². The molecule has 1 saturated carbocycles. The number of esters is 1. The number of carbonyl (C=O) groups is 2. The van der Waals surface area contributed by atoms with E-state index >= 15 is 0 Å². The van der Waals surface area contributed by atoms with Crippen molar-refractivity contribution in [3.8, 4) is 0 Å². The molecule has 0 aromatic heterocycles. The van der Waals surface area contributed by atoms with Gasteiger partial charge in [0.05, 0.1) is 17.7 Å². The molecule has 33 heavy (non-hydrogen) atoms. The number of anilines is 1. The van der Waals surface area contributed by atoms with Crippen molar-refractivity contribution < 1.29 is 22.7 Å². The molecule has 3 aliphatic rings. The zero-order valence-electron chi connectivity index (χ0n) is 18.6. The predicted molar refractivity (Wildman–Crippen MR) is 123 cm³/mol. The molecule has 3 atom stereocenters. The molecule has 0 spiro atoms. The molecule has 0 bridgehead atoms. The van der Waals surface area contributed by atoms with Gasteiger partial charge in [-0.05, 0) is 61.4 Å². The van der Waals surface area contributed by atoms with E-state index in [4.69, 9.17) is 4.74 Å². The molecule has 5 rings (SSSR count). The Morgan fingerprint density at radius 3 is 2.64 bits per heavy atom. The molecule has 1 aliphatic carbocycles. The number of hydrogen-bond donors (Lipinski definition) is 0. The Balaban J connectivity index is 1.47. The fraction of sp³-hybridized carbons (Fsp3) is 0.440. The summed E-state index contributed by atoms with van der Waals surface area (Å²) >= 11 is 0. The van der Waals surface area contributed by atoms with Crippen LogP contribution >= 0.6 is 0 Å². The van der Waals surface area contributed by atoms with Crippen molar-refractivity contribution in [2.75, 3.05) is 18.0 Å². The maximum Gasteiger partial charge on any atom is 0.328 e. The van der Waals surface area contributed by atoms with Gasteiger partial charge in [0.15, 0.2) is 0 Å². The van der Waals surface area contributed by atoms with Gasteiger partial charge in [0, 0.05) is 18.2 Å². The van der Waals surface area contributed by atoms with Crippen LogP contribution in [0.3, 0.4) is 0 Å². The molecule has 7 nitrogen and oxygen atoms in total. The lowest BCUT2D eigenvalue weighted by Gasteiger charge is -2.33. The highest BCUT2D eigenvalue weighted by Gasteiger charge is 2.48. The first-order chi connectivity index (χ1) is 15.9. The quantitative estimate of drug-likeness (QED) is 0.643. The van der Waals surface area contributed by atoms with Gasteiger partial charge >= 0.3 is 5.97 Å². The van der Waals surface area contributed by atoms with Crippen molar-refractivity contribution in [1.29, 1.82) is 0 Å². The van der Waals surface area contributed by atoms with Crippen LogP contribution in [0.15, 0.2) is 53.4 Å². The SMILES string of the molecule is COC(=O)[C@@H]1C[C@@H]2CCCC[C@H]2N1C(=O)c1cccc(S(=O)(=O)N2CCc3ccccc32)c1. The fourth-order valence-electron chi connectivity index (χ4n) is 5.72. The van der Waals surface area contributed by atoms with E-state index in [1.165, 1.54) is 23.5 Å². The van der Waals surface area contributed by atoms with E-state index in [0.29, 0.717) is 25.1 Å². The first-order valence-electron chi connectivity index (χ1n) is 11.5. The molecule has 0 unspecified atom stereocenters. The van der Waals surface area contributed by atoms with Crippen LogP contribution in [-0.4, -0.2) is 50.9 Å². The predicted octanol–water partition coefficient (Wildman–Crippen LogP) is 3.38. The Labute approximate surface area is 194 Å². The maximum absolute atomic E-state index is 13.6. The topological polar surface area (TPSA) is 84.0 Å². The summed E-state index contributed by atoms with van der Waals surface area (Å²) in [6.07, 6.45) is 5.22. The highest BCUT2D eigenvalue weighted by atomic mass is 32.2. The fourth-order valence-corrected chi connectivity index (χ4v) is 7.27. The highest BCUT2D eigenvalue weighted by Crippen LogP contribution is 2.41. The Morgan fingerprint density at radius 1 is 1.03 bits per heavy atom. The summed E-state index contributed by atoms with van der Waals surface area (Å²) in [5.41, 5.74) is 1.96. The number of rotatable bonds is 4. The van der Waals surface area contributed by atoms with Crippen LogP contribution < -0.4 is 4.31 Å². The van der Waals surface area contributed by atoms with Gasteiger partial charge in [-0.2, -0.15) is 0 Å². The second kappa shape index (κ2) is 8.48. The summed E-state index contributed by atoms with van der Waals surface area (Å²) < 4.78 is 33.3. The van der Waals surface area contributed by atoms with Gasteiger partial charge in [-0.1, -0.05) is 37.1 Å². The monoisotopic (exact) mass is 468 g/mol. The zero-order chi connectivity index (χ0) is 23.2. The number of sulfonamides is 1. The van der Waals surface area contributed by atoms with Gasteiger partial charge < -0.3 is 9.64 Å². The molecule has 0 N–H and O–H groups in total. The average Bonchev–Trinajstić information content (AvgIpc) is 3.45. The number of fused-ring (bicyclic) bond motifs is 2. The molecule has 174 valence electrons. The van der Waals surface area contributed by atoms with Gasteiger partial charge in [0.2, 0.25) is 0 Å². The number of benzene rings is 2. The van der Waals surface area contributed by atoms with Gasteiger partial charge in [-0.25, -0.2) is 13.2 Å². The zero-order valence-corrected chi connectivity index (χ0v) is 19.5. The van der Waals surface area contributed by atoms with E-state index in [1.54, 1.807) is 17.0 Å². The number of amides is 1. The first-order valence-corrected chi connectivity index (χ1v) is 13.0. The third-order valence-electron chi connectivity index (χ3n) is 7.31. The smallest absolute Gasteiger partial charge is 0.328 e. The summed E-state index contributed by atoms with van der Waals surface area (Å²) in [5, 5.41) is 0. The van der Waals surface area contributed by atoms with Crippen molar-refractivity contribution in [2.45, 2.75) is 55.5 Å².